The number of piperidine rings is 1. The maximum Gasteiger partial charge on any atom is 0.0587 e. The molecular weight excluding hydrogens is 188 g/mol. The van der Waals surface area contributed by atoms with Gasteiger partial charge in [0.15, 0.2) is 0 Å². The smallest absolute Gasteiger partial charge is 0.0587 e. The van der Waals surface area contributed by atoms with E-state index in [9.17, 15) is 0 Å². The van der Waals surface area contributed by atoms with Gasteiger partial charge in [-0.3, -0.25) is 0 Å². The van der Waals surface area contributed by atoms with Crippen LogP contribution in [-0.4, -0.2) is 51.3 Å². The van der Waals surface area contributed by atoms with Crippen molar-refractivity contribution < 1.29 is 4.74 Å². The van der Waals surface area contributed by atoms with Gasteiger partial charge < -0.3 is 15.0 Å². The Morgan fingerprint density at radius 3 is 2.33 bits per heavy atom. The molecule has 0 aromatic carbocycles. The Bertz CT molecular complexity index is 114. The van der Waals surface area contributed by atoms with Crippen molar-refractivity contribution in [2.24, 2.45) is 0 Å². The van der Waals surface area contributed by atoms with E-state index >= 15 is 0 Å². The van der Waals surface area contributed by atoms with Crippen LogP contribution in [0, 0.1) is 0 Å². The standard InChI is InChI=1S/C10H22N2O.C2H6/c1-13-10-6-11-5-9-12-7-3-2-4-8-12;1-2/h11H,2-10H2,1H3;1-2H3. The van der Waals surface area contributed by atoms with Crippen LogP contribution < -0.4 is 5.32 Å². The SMILES string of the molecule is CC.COCCNCCN1CCCCC1. The van der Waals surface area contributed by atoms with E-state index in [4.69, 9.17) is 4.74 Å². The molecule has 1 aliphatic heterocycles. The van der Waals surface area contributed by atoms with Gasteiger partial charge in [0.25, 0.3) is 0 Å². The Kier molecular flexibility index (Phi) is 11.9. The van der Waals surface area contributed by atoms with Crippen LogP contribution in [0.4, 0.5) is 0 Å². The molecular formula is C12H28N2O. The van der Waals surface area contributed by atoms with Crippen molar-refractivity contribution >= 4 is 0 Å². The van der Waals surface area contributed by atoms with Crippen LogP contribution in [-0.2, 0) is 4.74 Å². The van der Waals surface area contributed by atoms with Crippen molar-refractivity contribution in [1.82, 2.24) is 10.2 Å². The topological polar surface area (TPSA) is 24.5 Å². The quantitative estimate of drug-likeness (QED) is 0.684. The minimum Gasteiger partial charge on any atom is -0.383 e. The average molecular weight is 216 g/mol. The predicted octanol–water partition coefficient (Wildman–Crippen LogP) is 1.73. The fourth-order valence-corrected chi connectivity index (χ4v) is 1.72. The number of methoxy groups -OCH3 is 1. The lowest BCUT2D eigenvalue weighted by molar-refractivity contribution is 0.193. The molecule has 0 saturated carbocycles. The van der Waals surface area contributed by atoms with Gasteiger partial charge in [0.2, 0.25) is 0 Å². The molecule has 3 heteroatoms. The molecule has 15 heavy (non-hydrogen) atoms. The first-order chi connectivity index (χ1) is 7.43. The summed E-state index contributed by atoms with van der Waals surface area (Å²) in [5.41, 5.74) is 0. The number of nitrogens with zero attached hydrogens (tertiary/aromatic N) is 1. The van der Waals surface area contributed by atoms with Gasteiger partial charge in [-0.2, -0.15) is 0 Å². The number of ether oxygens (including phenoxy) is 1. The highest BCUT2D eigenvalue weighted by atomic mass is 16.5. The molecule has 0 atom stereocenters. The van der Waals surface area contributed by atoms with E-state index in [1.54, 1.807) is 7.11 Å². The number of nitrogens with one attached hydrogen (secondary N) is 1. The molecule has 0 aliphatic carbocycles. The Morgan fingerprint density at radius 2 is 1.73 bits per heavy atom. The van der Waals surface area contributed by atoms with Crippen LogP contribution in [0.15, 0.2) is 0 Å². The van der Waals surface area contributed by atoms with Crippen molar-refractivity contribution in [2.45, 2.75) is 33.1 Å². The van der Waals surface area contributed by atoms with E-state index < -0.39 is 0 Å². The summed E-state index contributed by atoms with van der Waals surface area (Å²) in [6, 6.07) is 0. The first-order valence-electron chi connectivity index (χ1n) is 6.35. The number of rotatable bonds is 6. The van der Waals surface area contributed by atoms with Crippen LogP contribution in [0.1, 0.15) is 33.1 Å². The van der Waals surface area contributed by atoms with Crippen LogP contribution in [0.25, 0.3) is 0 Å². The molecule has 1 heterocycles. The third kappa shape index (κ3) is 8.85. The highest BCUT2D eigenvalue weighted by molar-refractivity contribution is 4.65. The molecule has 1 saturated heterocycles. The molecule has 1 fully saturated rings. The second kappa shape index (κ2) is 12.0. The Morgan fingerprint density at radius 1 is 1.07 bits per heavy atom. The number of likely N-dealkylation sites (tertiary alicyclic amines) is 1. The fourth-order valence-electron chi connectivity index (χ4n) is 1.72. The van der Waals surface area contributed by atoms with E-state index in [0.717, 1.165) is 19.7 Å². The van der Waals surface area contributed by atoms with E-state index in [-0.39, 0.29) is 0 Å². The monoisotopic (exact) mass is 216 g/mol. The predicted molar refractivity (Wildman–Crippen MR) is 66.4 cm³/mol. The average Bonchev–Trinajstić information content (AvgIpc) is 2.33. The van der Waals surface area contributed by atoms with Crippen LogP contribution in [0.3, 0.4) is 0 Å². The normalized spacial score (nSPS) is 17.0. The Labute approximate surface area is 95.2 Å². The third-order valence-electron chi connectivity index (χ3n) is 2.54. The summed E-state index contributed by atoms with van der Waals surface area (Å²) < 4.78 is 4.96. The zero-order chi connectivity index (χ0) is 11.4. The molecule has 1 aliphatic rings. The van der Waals surface area contributed by atoms with Crippen molar-refractivity contribution in [3.8, 4) is 0 Å². The molecule has 0 bridgehead atoms. The Balaban J connectivity index is 0.000000921. The van der Waals surface area contributed by atoms with Crippen LogP contribution in [0.5, 0.6) is 0 Å². The van der Waals surface area contributed by atoms with Gasteiger partial charge in [-0.15, -0.1) is 0 Å². The highest BCUT2D eigenvalue weighted by Gasteiger charge is 2.08. The van der Waals surface area contributed by atoms with Gasteiger partial charge in [0.05, 0.1) is 6.61 Å². The fraction of sp³-hybridized carbons (Fsp3) is 1.00. The summed E-state index contributed by atoms with van der Waals surface area (Å²) in [5, 5.41) is 3.37. The lowest BCUT2D eigenvalue weighted by Crippen LogP contribution is -2.36. The van der Waals surface area contributed by atoms with E-state index in [1.165, 1.54) is 38.9 Å². The molecule has 1 rings (SSSR count). The molecule has 0 spiro atoms. The van der Waals surface area contributed by atoms with Gasteiger partial charge in [-0.1, -0.05) is 20.3 Å². The van der Waals surface area contributed by atoms with Crippen LogP contribution >= 0.6 is 0 Å². The van der Waals surface area contributed by atoms with Gasteiger partial charge in [0.1, 0.15) is 0 Å². The van der Waals surface area contributed by atoms with Crippen molar-refractivity contribution in [2.75, 3.05) is 46.4 Å². The van der Waals surface area contributed by atoms with Crippen LogP contribution in [0.2, 0.25) is 0 Å². The van der Waals surface area contributed by atoms with E-state index in [0.29, 0.717) is 0 Å². The lowest BCUT2D eigenvalue weighted by atomic mass is 10.1. The molecule has 0 aromatic rings. The molecule has 0 aromatic heterocycles. The largest absolute Gasteiger partial charge is 0.383 e. The van der Waals surface area contributed by atoms with E-state index in [2.05, 4.69) is 10.2 Å². The maximum atomic E-state index is 4.96. The number of hydrogen-bond acceptors (Lipinski definition) is 3. The van der Waals surface area contributed by atoms with Crippen molar-refractivity contribution in [3.05, 3.63) is 0 Å². The maximum absolute atomic E-state index is 4.96. The molecule has 0 amide bonds. The van der Waals surface area contributed by atoms with Gasteiger partial charge in [-0.05, 0) is 25.9 Å². The molecule has 0 unspecified atom stereocenters. The summed E-state index contributed by atoms with van der Waals surface area (Å²) in [7, 11) is 1.74. The summed E-state index contributed by atoms with van der Waals surface area (Å²) in [6.07, 6.45) is 4.20. The Hall–Kier alpha value is -0.120. The molecule has 1 N–H and O–H groups in total. The van der Waals surface area contributed by atoms with E-state index in [1.807, 2.05) is 13.8 Å². The first-order valence-corrected chi connectivity index (χ1v) is 6.35. The molecule has 92 valence electrons. The first kappa shape index (κ1) is 14.9. The zero-order valence-electron chi connectivity index (χ0n) is 10.7. The number of hydrogen-bond donors (Lipinski definition) is 1. The summed E-state index contributed by atoms with van der Waals surface area (Å²) in [5.74, 6) is 0. The second-order valence-corrected chi connectivity index (χ2v) is 3.65. The second-order valence-electron chi connectivity index (χ2n) is 3.65. The molecule has 0 radical (unpaired) electrons. The van der Waals surface area contributed by atoms with Gasteiger partial charge >= 0.3 is 0 Å². The summed E-state index contributed by atoms with van der Waals surface area (Å²) >= 11 is 0. The lowest BCUT2D eigenvalue weighted by Gasteiger charge is -2.26. The van der Waals surface area contributed by atoms with Gasteiger partial charge in [0, 0.05) is 26.7 Å². The summed E-state index contributed by atoms with van der Waals surface area (Å²) in [6.45, 7) is 10.7. The van der Waals surface area contributed by atoms with Crippen molar-refractivity contribution in [1.29, 1.82) is 0 Å². The zero-order valence-corrected chi connectivity index (χ0v) is 10.7. The minimum absolute atomic E-state index is 0.819. The van der Waals surface area contributed by atoms with Crippen molar-refractivity contribution in [3.63, 3.8) is 0 Å². The summed E-state index contributed by atoms with van der Waals surface area (Å²) in [4.78, 5) is 2.54. The highest BCUT2D eigenvalue weighted by Crippen LogP contribution is 2.06. The minimum atomic E-state index is 0.819. The third-order valence-corrected chi connectivity index (χ3v) is 2.54. The van der Waals surface area contributed by atoms with Gasteiger partial charge in [-0.25, -0.2) is 0 Å². The molecule has 3 nitrogen and oxygen atoms in total.